The average Bonchev–Trinajstić information content (AvgIpc) is 4.01. The van der Waals surface area contributed by atoms with E-state index in [4.69, 9.17) is 4.98 Å². The minimum absolute atomic E-state index is 0.0988. The number of nitrogens with one attached hydrogen (secondary N) is 5. The summed E-state index contributed by atoms with van der Waals surface area (Å²) >= 11 is 0. The zero-order valence-corrected chi connectivity index (χ0v) is 29.9. The number of carboxylic acids is 2. The molecule has 8 rings (SSSR count). The summed E-state index contributed by atoms with van der Waals surface area (Å²) in [6.45, 7) is -1.05. The van der Waals surface area contributed by atoms with Gasteiger partial charge in [-0.3, -0.25) is 9.59 Å². The van der Waals surface area contributed by atoms with E-state index in [9.17, 15) is 28.2 Å². The van der Waals surface area contributed by atoms with Crippen LogP contribution in [0, 0.1) is 0 Å². The summed E-state index contributed by atoms with van der Waals surface area (Å²) in [7, 11) is -4.44. The second kappa shape index (κ2) is 14.6. The summed E-state index contributed by atoms with van der Waals surface area (Å²) < 4.78 is 30.4. The number of nitrogens with zero attached hydrogens (tertiary/aromatic N) is 1. The van der Waals surface area contributed by atoms with Gasteiger partial charge in [0.15, 0.2) is 0 Å². The largest absolute Gasteiger partial charge is 0.480 e. The van der Waals surface area contributed by atoms with E-state index in [0.29, 0.717) is 39.1 Å². The van der Waals surface area contributed by atoms with Crippen molar-refractivity contribution in [3.05, 3.63) is 133 Å². The quantitative estimate of drug-likeness (QED) is 0.0727. The average molecular weight is 751 g/mol. The normalized spacial score (nSPS) is 12.2. The fourth-order valence-electron chi connectivity index (χ4n) is 6.97. The molecule has 0 spiro atoms. The Kier molecular flexibility index (Phi) is 9.33. The number of hydrogen-bond acceptors (Lipinski definition) is 6. The van der Waals surface area contributed by atoms with Crippen molar-refractivity contribution in [1.82, 2.24) is 30.0 Å². The zero-order valence-electron chi connectivity index (χ0n) is 29.1. The Bertz CT molecular complexity index is 2860. The number of benzene rings is 3. The molecule has 4 aromatic heterocycles. The molecule has 12 nitrogen and oxygen atoms in total. The van der Waals surface area contributed by atoms with Crippen LogP contribution in [0.25, 0.3) is 78.1 Å². The van der Waals surface area contributed by atoms with Crippen molar-refractivity contribution in [3.63, 3.8) is 0 Å². The van der Waals surface area contributed by atoms with E-state index in [0.717, 1.165) is 38.8 Å². The third-order valence-corrected chi connectivity index (χ3v) is 10.7. The lowest BCUT2D eigenvalue weighted by Gasteiger charge is -2.07. The fourth-order valence-corrected chi connectivity index (χ4v) is 8.14. The number of aliphatic carboxylic acids is 2. The lowest BCUT2D eigenvalue weighted by atomic mass is 10.0. The highest BCUT2D eigenvalue weighted by molar-refractivity contribution is 7.89. The number of hydrogen-bond donors (Lipinski definition) is 7. The van der Waals surface area contributed by atoms with Crippen molar-refractivity contribution in [3.8, 4) is 33.4 Å². The molecule has 7 aromatic rings. The topological polar surface area (TPSA) is 193 Å². The van der Waals surface area contributed by atoms with E-state index in [2.05, 4.69) is 25.0 Å². The van der Waals surface area contributed by atoms with Gasteiger partial charge in [0, 0.05) is 45.3 Å². The number of aromatic nitrogens is 4. The number of aromatic amines is 3. The minimum atomic E-state index is -4.44. The first-order valence-corrected chi connectivity index (χ1v) is 18.9. The first-order chi connectivity index (χ1) is 26.7. The lowest BCUT2D eigenvalue weighted by Crippen LogP contribution is -2.29. The molecule has 7 N–H and O–H groups in total. The Morgan fingerprint density at radius 2 is 1.09 bits per heavy atom. The van der Waals surface area contributed by atoms with Crippen LogP contribution in [0.4, 0.5) is 0 Å². The van der Waals surface area contributed by atoms with Gasteiger partial charge in [0.25, 0.3) is 0 Å². The van der Waals surface area contributed by atoms with Gasteiger partial charge in [0.05, 0.1) is 29.0 Å². The first-order valence-electron chi connectivity index (χ1n) is 17.4. The van der Waals surface area contributed by atoms with Crippen LogP contribution in [0.2, 0.25) is 0 Å². The summed E-state index contributed by atoms with van der Waals surface area (Å²) in [6, 6.07) is 38.3. The molecule has 1 aliphatic heterocycles. The molecular weight excluding hydrogens is 717 g/mol. The first kappa shape index (κ1) is 35.2. The van der Waals surface area contributed by atoms with E-state index in [1.807, 2.05) is 121 Å². The summed E-state index contributed by atoms with van der Waals surface area (Å²) in [5.41, 5.74) is 9.67. The predicted molar refractivity (Wildman–Crippen MR) is 214 cm³/mol. The van der Waals surface area contributed by atoms with Crippen LogP contribution in [0.5, 0.6) is 0 Å². The molecule has 0 atom stereocenters. The zero-order chi connectivity index (χ0) is 38.1. The van der Waals surface area contributed by atoms with E-state index in [1.54, 1.807) is 0 Å². The molecule has 13 heteroatoms. The molecule has 0 amide bonds. The number of rotatable bonds is 11. The van der Waals surface area contributed by atoms with Crippen molar-refractivity contribution in [2.45, 2.75) is 4.90 Å². The Hall–Kier alpha value is -6.80. The maximum Gasteiger partial charge on any atom is 0.318 e. The number of fused-ring (bicyclic) bond motifs is 9. The molecule has 0 saturated carbocycles. The highest BCUT2D eigenvalue weighted by Crippen LogP contribution is 2.39. The molecule has 55 heavy (non-hydrogen) atoms. The van der Waals surface area contributed by atoms with Crippen molar-refractivity contribution < 1.29 is 28.2 Å². The highest BCUT2D eigenvalue weighted by Gasteiger charge is 2.26. The molecule has 274 valence electrons. The van der Waals surface area contributed by atoms with E-state index >= 15 is 0 Å². The van der Waals surface area contributed by atoms with Gasteiger partial charge < -0.3 is 30.5 Å². The van der Waals surface area contributed by atoms with E-state index in [1.165, 1.54) is 6.07 Å². The van der Waals surface area contributed by atoms with Crippen LogP contribution in [-0.2, 0) is 19.6 Å². The van der Waals surface area contributed by atoms with Gasteiger partial charge in [-0.25, -0.2) is 13.4 Å². The summed E-state index contributed by atoms with van der Waals surface area (Å²) in [4.78, 5) is 38.7. The molecular formula is C42H34N6O6S. The molecule has 0 unspecified atom stereocenters. The molecule has 5 heterocycles. The lowest BCUT2D eigenvalue weighted by molar-refractivity contribution is -0.136. The van der Waals surface area contributed by atoms with Gasteiger partial charge in [-0.2, -0.15) is 4.72 Å². The van der Waals surface area contributed by atoms with Crippen molar-refractivity contribution in [2.24, 2.45) is 0 Å². The summed E-state index contributed by atoms with van der Waals surface area (Å²) in [5, 5.41) is 21.8. The van der Waals surface area contributed by atoms with Crippen LogP contribution in [-0.4, -0.2) is 70.1 Å². The van der Waals surface area contributed by atoms with Crippen LogP contribution < -0.4 is 10.0 Å². The third-order valence-electron chi connectivity index (χ3n) is 9.32. The second-order valence-electron chi connectivity index (χ2n) is 12.9. The van der Waals surface area contributed by atoms with Crippen molar-refractivity contribution in [2.75, 3.05) is 19.6 Å². The van der Waals surface area contributed by atoms with Gasteiger partial charge in [0.1, 0.15) is 11.4 Å². The molecule has 1 aliphatic rings. The van der Waals surface area contributed by atoms with Gasteiger partial charge in [-0.15, -0.1) is 0 Å². The Morgan fingerprint density at radius 1 is 0.600 bits per heavy atom. The number of carbonyl (C=O) groups is 2. The smallest absolute Gasteiger partial charge is 0.318 e. The maximum atomic E-state index is 14.1. The van der Waals surface area contributed by atoms with Crippen LogP contribution in [0.1, 0.15) is 11.4 Å². The van der Waals surface area contributed by atoms with Crippen molar-refractivity contribution >= 4 is 66.7 Å². The minimum Gasteiger partial charge on any atom is -0.480 e. The van der Waals surface area contributed by atoms with Crippen molar-refractivity contribution in [1.29, 1.82) is 0 Å². The second-order valence-corrected chi connectivity index (χ2v) is 14.7. The van der Waals surface area contributed by atoms with E-state index in [-0.39, 0.29) is 23.5 Å². The maximum absolute atomic E-state index is 14.1. The molecule has 0 aliphatic carbocycles. The molecule has 0 radical (unpaired) electrons. The summed E-state index contributed by atoms with van der Waals surface area (Å²) in [6.07, 6.45) is 1.87. The number of H-pyrrole nitrogens is 3. The van der Waals surface area contributed by atoms with Gasteiger partial charge in [-0.1, -0.05) is 91.0 Å². The predicted octanol–water partition coefficient (Wildman–Crippen LogP) is 7.10. The Labute approximate surface area is 314 Å². The Morgan fingerprint density at radius 3 is 1.64 bits per heavy atom. The Balaban J connectivity index is 1.58. The van der Waals surface area contributed by atoms with E-state index < -0.39 is 28.5 Å². The molecule has 0 fully saturated rings. The summed E-state index contributed by atoms with van der Waals surface area (Å²) in [5.74, 6) is -2.38. The van der Waals surface area contributed by atoms with Gasteiger partial charge in [0.2, 0.25) is 10.0 Å². The van der Waals surface area contributed by atoms with Gasteiger partial charge in [-0.05, 0) is 58.7 Å². The van der Waals surface area contributed by atoms with Crippen LogP contribution >= 0.6 is 0 Å². The monoisotopic (exact) mass is 750 g/mol. The molecule has 0 saturated heterocycles. The third kappa shape index (κ3) is 7.02. The van der Waals surface area contributed by atoms with Crippen LogP contribution in [0.15, 0.2) is 126 Å². The molecule has 3 aromatic carbocycles. The SMILES string of the molecule is O=C(O)CNCC1=Cc2nc1c1cc(S(=O)(=O)NCC(=O)O)c([nH]1)c(-c1ccccc1)c1ccc([nH]1)c(-c1ccccc1)c1ccc([nH]1)c2-c1ccccc1. The number of sulfonamides is 1. The standard InChI is InChI=1S/C42H34N6O6S/c49-36(50)23-43-22-28-20-33-39(26-12-6-2-7-13-26)31-17-16-29(45-31)38(25-10-4-1-5-11-25)30-18-19-32(46-30)40(27-14-8-3-9-15-27)42-35(21-34(48-42)41(28)47-33)55(53,54)44-24-37(51)52/h1-21,43-46,48H,22-24H2,(H,49,50)(H,51,52). The fraction of sp³-hybridized carbons (Fsp3) is 0.0714. The van der Waals surface area contributed by atoms with Gasteiger partial charge >= 0.3 is 11.9 Å². The van der Waals surface area contributed by atoms with Crippen LogP contribution in [0.3, 0.4) is 0 Å². The highest BCUT2D eigenvalue weighted by atomic mass is 32.2. The number of carboxylic acid groups (broad SMARTS) is 2. The molecule has 8 bridgehead atoms.